The Morgan fingerprint density at radius 3 is 2.59 bits per heavy atom. The molecule has 0 aliphatic rings. The van der Waals surface area contributed by atoms with Crippen molar-refractivity contribution in [1.82, 2.24) is 10.3 Å². The second-order valence-corrected chi connectivity index (χ2v) is 4.04. The normalized spacial score (nSPS) is 11.8. The molecule has 1 heterocycles. The summed E-state index contributed by atoms with van der Waals surface area (Å²) in [6.07, 6.45) is 3.57. The predicted octanol–water partition coefficient (Wildman–Crippen LogP) is 1.20. The number of hydrogen-bond donors (Lipinski definition) is 2. The van der Waals surface area contributed by atoms with Gasteiger partial charge < -0.3 is 10.4 Å². The fourth-order valence-corrected chi connectivity index (χ4v) is 1.46. The largest absolute Gasteiger partial charge is 0.481 e. The van der Waals surface area contributed by atoms with Gasteiger partial charge in [-0.15, -0.1) is 0 Å². The van der Waals surface area contributed by atoms with Gasteiger partial charge in [-0.1, -0.05) is 6.92 Å². The highest BCUT2D eigenvalue weighted by molar-refractivity contribution is 5.77. The van der Waals surface area contributed by atoms with Crippen molar-refractivity contribution in [2.45, 2.75) is 26.3 Å². The molecule has 0 saturated carbocycles. The molecular weight excluding hydrogens is 220 g/mol. The zero-order valence-corrected chi connectivity index (χ0v) is 9.72. The van der Waals surface area contributed by atoms with Gasteiger partial charge in [0.1, 0.15) is 0 Å². The molecule has 1 rings (SSSR count). The molecule has 0 spiro atoms. The second kappa shape index (κ2) is 6.62. The van der Waals surface area contributed by atoms with Gasteiger partial charge in [0.2, 0.25) is 5.91 Å². The molecule has 5 nitrogen and oxygen atoms in total. The van der Waals surface area contributed by atoms with Gasteiger partial charge in [-0.05, 0) is 23.6 Å². The molecule has 0 radical (unpaired) electrons. The molecule has 92 valence electrons. The number of carboxylic acids is 1. The first-order valence-electron chi connectivity index (χ1n) is 5.45. The van der Waals surface area contributed by atoms with Crippen molar-refractivity contribution in [3.8, 4) is 0 Å². The number of carboxylic acid groups (broad SMARTS) is 1. The van der Waals surface area contributed by atoms with E-state index in [1.54, 1.807) is 19.3 Å². The Bertz CT molecular complexity index is 379. The number of aliphatic carboxylic acids is 1. The third-order valence-corrected chi connectivity index (χ3v) is 2.30. The van der Waals surface area contributed by atoms with Gasteiger partial charge in [0.25, 0.3) is 0 Å². The highest BCUT2D eigenvalue weighted by Crippen LogP contribution is 2.07. The van der Waals surface area contributed by atoms with Crippen molar-refractivity contribution in [1.29, 1.82) is 0 Å². The summed E-state index contributed by atoms with van der Waals surface area (Å²) < 4.78 is 0. The molecule has 0 aliphatic heterocycles. The summed E-state index contributed by atoms with van der Waals surface area (Å²) >= 11 is 0. The Morgan fingerprint density at radius 1 is 1.35 bits per heavy atom. The molecule has 2 N–H and O–H groups in total. The topological polar surface area (TPSA) is 79.3 Å². The number of amides is 1. The molecule has 0 bridgehead atoms. The predicted molar refractivity (Wildman–Crippen MR) is 62.1 cm³/mol. The van der Waals surface area contributed by atoms with E-state index in [-0.39, 0.29) is 24.7 Å². The Balaban J connectivity index is 2.28. The van der Waals surface area contributed by atoms with Crippen molar-refractivity contribution < 1.29 is 14.7 Å². The van der Waals surface area contributed by atoms with Crippen LogP contribution in [-0.4, -0.2) is 22.0 Å². The van der Waals surface area contributed by atoms with E-state index in [2.05, 4.69) is 10.3 Å². The molecule has 1 aromatic rings. The van der Waals surface area contributed by atoms with Gasteiger partial charge in [-0.2, -0.15) is 0 Å². The van der Waals surface area contributed by atoms with Crippen LogP contribution in [0.4, 0.5) is 0 Å². The van der Waals surface area contributed by atoms with Crippen molar-refractivity contribution in [3.63, 3.8) is 0 Å². The van der Waals surface area contributed by atoms with Crippen LogP contribution < -0.4 is 5.32 Å². The first-order chi connectivity index (χ1) is 8.08. The highest BCUT2D eigenvalue weighted by Gasteiger charge is 2.12. The summed E-state index contributed by atoms with van der Waals surface area (Å²) in [6, 6.07) is 3.64. The van der Waals surface area contributed by atoms with Gasteiger partial charge in [-0.3, -0.25) is 14.6 Å². The molecule has 0 aromatic carbocycles. The van der Waals surface area contributed by atoms with Crippen LogP contribution in [0.1, 0.15) is 25.3 Å². The minimum atomic E-state index is -0.876. The van der Waals surface area contributed by atoms with Gasteiger partial charge >= 0.3 is 5.97 Å². The van der Waals surface area contributed by atoms with Crippen LogP contribution in [-0.2, 0) is 16.1 Å². The first-order valence-corrected chi connectivity index (χ1v) is 5.45. The Labute approximate surface area is 99.9 Å². The maximum atomic E-state index is 11.5. The van der Waals surface area contributed by atoms with E-state index in [0.29, 0.717) is 6.54 Å². The lowest BCUT2D eigenvalue weighted by Crippen LogP contribution is -2.25. The molecule has 1 aromatic heterocycles. The molecule has 1 unspecified atom stereocenters. The van der Waals surface area contributed by atoms with Crippen molar-refractivity contribution in [3.05, 3.63) is 30.1 Å². The minimum absolute atomic E-state index is 0.0165. The third kappa shape index (κ3) is 5.65. The number of nitrogens with zero attached hydrogens (tertiary/aromatic N) is 1. The zero-order valence-electron chi connectivity index (χ0n) is 9.72. The quantitative estimate of drug-likeness (QED) is 0.777. The zero-order chi connectivity index (χ0) is 12.7. The Kier molecular flexibility index (Phi) is 5.13. The Hall–Kier alpha value is -1.91. The van der Waals surface area contributed by atoms with E-state index in [9.17, 15) is 9.59 Å². The molecule has 0 aliphatic carbocycles. The van der Waals surface area contributed by atoms with Gasteiger partial charge in [0.15, 0.2) is 0 Å². The number of carbonyl (C=O) groups excluding carboxylic acids is 1. The minimum Gasteiger partial charge on any atom is -0.481 e. The summed E-state index contributed by atoms with van der Waals surface area (Å²) in [4.78, 5) is 25.8. The highest BCUT2D eigenvalue weighted by atomic mass is 16.4. The van der Waals surface area contributed by atoms with Crippen LogP contribution in [0, 0.1) is 5.92 Å². The van der Waals surface area contributed by atoms with E-state index in [1.165, 1.54) is 0 Å². The summed E-state index contributed by atoms with van der Waals surface area (Å²) in [5.74, 6) is -1.15. The average Bonchev–Trinajstić information content (AvgIpc) is 2.26. The van der Waals surface area contributed by atoms with Crippen LogP contribution in [0.5, 0.6) is 0 Å². The lowest BCUT2D eigenvalue weighted by Gasteiger charge is -2.09. The van der Waals surface area contributed by atoms with Crippen LogP contribution in [0.2, 0.25) is 0 Å². The lowest BCUT2D eigenvalue weighted by molar-refractivity contribution is -0.138. The molecule has 1 atom stereocenters. The molecule has 0 saturated heterocycles. The third-order valence-electron chi connectivity index (χ3n) is 2.30. The van der Waals surface area contributed by atoms with Crippen molar-refractivity contribution >= 4 is 11.9 Å². The average molecular weight is 236 g/mol. The van der Waals surface area contributed by atoms with E-state index < -0.39 is 5.97 Å². The van der Waals surface area contributed by atoms with Crippen LogP contribution in [0.25, 0.3) is 0 Å². The Morgan fingerprint density at radius 2 is 2.00 bits per heavy atom. The summed E-state index contributed by atoms with van der Waals surface area (Å²) in [5, 5.41) is 11.3. The number of hydrogen-bond acceptors (Lipinski definition) is 3. The van der Waals surface area contributed by atoms with Gasteiger partial charge in [0, 0.05) is 31.8 Å². The summed E-state index contributed by atoms with van der Waals surface area (Å²) in [5.41, 5.74) is 0.972. The maximum Gasteiger partial charge on any atom is 0.303 e. The van der Waals surface area contributed by atoms with Crippen LogP contribution in [0.15, 0.2) is 24.5 Å². The number of aromatic nitrogens is 1. The summed E-state index contributed by atoms with van der Waals surface area (Å²) in [7, 11) is 0. The second-order valence-electron chi connectivity index (χ2n) is 4.04. The monoisotopic (exact) mass is 236 g/mol. The molecule has 1 amide bonds. The van der Waals surface area contributed by atoms with Crippen LogP contribution >= 0.6 is 0 Å². The number of pyridine rings is 1. The number of nitrogens with one attached hydrogen (secondary N) is 1. The SMILES string of the molecule is CC(CC(=O)O)CC(=O)NCc1ccncc1. The first kappa shape index (κ1) is 13.2. The van der Waals surface area contributed by atoms with Crippen LogP contribution in [0.3, 0.4) is 0 Å². The van der Waals surface area contributed by atoms with E-state index >= 15 is 0 Å². The number of carbonyl (C=O) groups is 2. The van der Waals surface area contributed by atoms with E-state index in [0.717, 1.165) is 5.56 Å². The fraction of sp³-hybridized carbons (Fsp3) is 0.417. The molecule has 0 fully saturated rings. The van der Waals surface area contributed by atoms with Gasteiger partial charge in [-0.25, -0.2) is 0 Å². The molecular formula is C12H16N2O3. The smallest absolute Gasteiger partial charge is 0.303 e. The van der Waals surface area contributed by atoms with Gasteiger partial charge in [0.05, 0.1) is 0 Å². The standard InChI is InChI=1S/C12H16N2O3/c1-9(7-12(16)17)6-11(15)14-8-10-2-4-13-5-3-10/h2-5,9H,6-8H2,1H3,(H,14,15)(H,16,17). The molecule has 17 heavy (non-hydrogen) atoms. The van der Waals surface area contributed by atoms with Crippen molar-refractivity contribution in [2.24, 2.45) is 5.92 Å². The maximum absolute atomic E-state index is 11.5. The van der Waals surface area contributed by atoms with E-state index in [1.807, 2.05) is 12.1 Å². The molecule has 5 heteroatoms. The number of rotatable bonds is 6. The van der Waals surface area contributed by atoms with E-state index in [4.69, 9.17) is 5.11 Å². The fourth-order valence-electron chi connectivity index (χ4n) is 1.46. The lowest BCUT2D eigenvalue weighted by atomic mass is 10.0. The van der Waals surface area contributed by atoms with Crippen molar-refractivity contribution in [2.75, 3.05) is 0 Å². The summed E-state index contributed by atoms with van der Waals surface area (Å²) in [6.45, 7) is 2.20.